The molecule has 0 amide bonds. The van der Waals surface area contributed by atoms with Crippen molar-refractivity contribution in [1.29, 1.82) is 5.26 Å². The monoisotopic (exact) mass is 288 g/mol. The molecule has 3 heteroatoms. The summed E-state index contributed by atoms with van der Waals surface area (Å²) in [6.45, 7) is 6.86. The largest absolute Gasteiger partial charge is 0.494 e. The SMILES string of the molecule is CCC(NC)c1ccc(OCCCCC(C)(C)C#N)cc1. The van der Waals surface area contributed by atoms with Gasteiger partial charge in [0.15, 0.2) is 0 Å². The molecule has 1 aromatic carbocycles. The van der Waals surface area contributed by atoms with E-state index < -0.39 is 0 Å². The van der Waals surface area contributed by atoms with Gasteiger partial charge in [-0.2, -0.15) is 5.26 Å². The van der Waals surface area contributed by atoms with Gasteiger partial charge in [0.25, 0.3) is 0 Å². The van der Waals surface area contributed by atoms with Crippen molar-refractivity contribution in [3.05, 3.63) is 29.8 Å². The van der Waals surface area contributed by atoms with Gasteiger partial charge in [-0.25, -0.2) is 0 Å². The standard InChI is InChI=1S/C18H28N2O/c1-5-17(20-4)15-8-10-16(11-9-15)21-13-7-6-12-18(2,3)14-19/h8-11,17,20H,5-7,12-13H2,1-4H3. The van der Waals surface area contributed by atoms with Gasteiger partial charge in [0.1, 0.15) is 5.75 Å². The van der Waals surface area contributed by atoms with Gasteiger partial charge in [0.2, 0.25) is 0 Å². The van der Waals surface area contributed by atoms with E-state index in [4.69, 9.17) is 10.00 Å². The van der Waals surface area contributed by atoms with Gasteiger partial charge in [-0.15, -0.1) is 0 Å². The van der Waals surface area contributed by atoms with E-state index in [2.05, 4.69) is 30.4 Å². The van der Waals surface area contributed by atoms with Gasteiger partial charge in [0.05, 0.1) is 18.1 Å². The van der Waals surface area contributed by atoms with E-state index in [-0.39, 0.29) is 5.41 Å². The van der Waals surface area contributed by atoms with Gasteiger partial charge in [-0.3, -0.25) is 0 Å². The second-order valence-electron chi connectivity index (χ2n) is 6.12. The maximum Gasteiger partial charge on any atom is 0.119 e. The van der Waals surface area contributed by atoms with Crippen LogP contribution < -0.4 is 10.1 Å². The van der Waals surface area contributed by atoms with E-state index in [9.17, 15) is 0 Å². The zero-order valence-corrected chi connectivity index (χ0v) is 13.8. The highest BCUT2D eigenvalue weighted by atomic mass is 16.5. The summed E-state index contributed by atoms with van der Waals surface area (Å²) in [6, 6.07) is 11.1. The predicted molar refractivity (Wildman–Crippen MR) is 87.3 cm³/mol. The lowest BCUT2D eigenvalue weighted by atomic mass is 9.89. The number of nitrogens with one attached hydrogen (secondary N) is 1. The van der Waals surface area contributed by atoms with Crippen molar-refractivity contribution in [3.8, 4) is 11.8 Å². The Kier molecular flexibility index (Phi) is 7.25. The van der Waals surface area contributed by atoms with Gasteiger partial charge in [-0.05, 0) is 64.3 Å². The van der Waals surface area contributed by atoms with E-state index >= 15 is 0 Å². The molecular formula is C18H28N2O. The normalized spacial score (nSPS) is 12.7. The highest BCUT2D eigenvalue weighted by Crippen LogP contribution is 2.22. The Morgan fingerprint density at radius 3 is 2.43 bits per heavy atom. The van der Waals surface area contributed by atoms with Crippen LogP contribution in [0.2, 0.25) is 0 Å². The van der Waals surface area contributed by atoms with Crippen LogP contribution in [0.25, 0.3) is 0 Å². The molecule has 1 unspecified atom stereocenters. The highest BCUT2D eigenvalue weighted by Gasteiger charge is 2.15. The third kappa shape index (κ3) is 6.18. The van der Waals surface area contributed by atoms with Crippen LogP contribution >= 0.6 is 0 Å². The average Bonchev–Trinajstić information content (AvgIpc) is 2.49. The van der Waals surface area contributed by atoms with Crippen molar-refractivity contribution in [1.82, 2.24) is 5.32 Å². The third-order valence-electron chi connectivity index (χ3n) is 3.81. The fourth-order valence-electron chi connectivity index (χ4n) is 2.32. The Morgan fingerprint density at radius 2 is 1.90 bits per heavy atom. The minimum absolute atomic E-state index is 0.218. The van der Waals surface area contributed by atoms with E-state index in [1.54, 1.807) is 0 Å². The number of nitriles is 1. The zero-order valence-electron chi connectivity index (χ0n) is 13.8. The second-order valence-corrected chi connectivity index (χ2v) is 6.12. The fourth-order valence-corrected chi connectivity index (χ4v) is 2.32. The molecule has 0 spiro atoms. The average molecular weight is 288 g/mol. The molecule has 0 aliphatic carbocycles. The summed E-state index contributed by atoms with van der Waals surface area (Å²) in [4.78, 5) is 0. The molecule has 0 fully saturated rings. The van der Waals surface area contributed by atoms with Crippen LogP contribution in [0.4, 0.5) is 0 Å². The molecule has 1 aromatic rings. The van der Waals surface area contributed by atoms with E-state index in [0.717, 1.165) is 31.4 Å². The Balaban J connectivity index is 2.32. The number of rotatable bonds is 9. The Hall–Kier alpha value is -1.53. The first-order valence-corrected chi connectivity index (χ1v) is 7.83. The summed E-state index contributed by atoms with van der Waals surface area (Å²) in [5.41, 5.74) is 1.08. The molecule has 0 heterocycles. The second kappa shape index (κ2) is 8.69. The van der Waals surface area contributed by atoms with Gasteiger partial charge >= 0.3 is 0 Å². The molecule has 1 atom stereocenters. The van der Waals surface area contributed by atoms with E-state index in [0.29, 0.717) is 12.6 Å². The molecule has 0 aliphatic rings. The topological polar surface area (TPSA) is 45.0 Å². The van der Waals surface area contributed by atoms with Crippen molar-refractivity contribution in [2.24, 2.45) is 5.41 Å². The predicted octanol–water partition coefficient (Wildman–Crippen LogP) is 4.46. The van der Waals surface area contributed by atoms with Crippen LogP contribution in [0.3, 0.4) is 0 Å². The Morgan fingerprint density at radius 1 is 1.24 bits per heavy atom. The molecule has 0 saturated carbocycles. The van der Waals surface area contributed by atoms with Crippen LogP contribution in [0.1, 0.15) is 58.1 Å². The van der Waals surface area contributed by atoms with Gasteiger partial charge in [-0.1, -0.05) is 19.1 Å². The molecular weight excluding hydrogens is 260 g/mol. The Labute approximate surface area is 129 Å². The van der Waals surface area contributed by atoms with E-state index in [1.807, 2.05) is 33.0 Å². The summed E-state index contributed by atoms with van der Waals surface area (Å²) in [5.74, 6) is 0.921. The molecule has 0 saturated heterocycles. The van der Waals surface area contributed by atoms with Gasteiger partial charge < -0.3 is 10.1 Å². The lowest BCUT2D eigenvalue weighted by Crippen LogP contribution is -2.14. The van der Waals surface area contributed by atoms with Crippen molar-refractivity contribution in [3.63, 3.8) is 0 Å². The van der Waals surface area contributed by atoms with Crippen molar-refractivity contribution >= 4 is 0 Å². The number of unbranched alkanes of at least 4 members (excludes halogenated alkanes) is 1. The highest BCUT2D eigenvalue weighted by molar-refractivity contribution is 5.29. The molecule has 3 nitrogen and oxygen atoms in total. The quantitative estimate of drug-likeness (QED) is 0.682. The van der Waals surface area contributed by atoms with Crippen LogP contribution in [-0.4, -0.2) is 13.7 Å². The minimum atomic E-state index is -0.218. The lowest BCUT2D eigenvalue weighted by Gasteiger charge is -2.15. The third-order valence-corrected chi connectivity index (χ3v) is 3.81. The fraction of sp³-hybridized carbons (Fsp3) is 0.611. The van der Waals surface area contributed by atoms with E-state index in [1.165, 1.54) is 5.56 Å². The number of ether oxygens (including phenoxy) is 1. The molecule has 0 radical (unpaired) electrons. The first-order valence-electron chi connectivity index (χ1n) is 7.83. The molecule has 116 valence electrons. The van der Waals surface area contributed by atoms with Crippen molar-refractivity contribution in [2.75, 3.05) is 13.7 Å². The lowest BCUT2D eigenvalue weighted by molar-refractivity contribution is 0.295. The molecule has 21 heavy (non-hydrogen) atoms. The number of benzene rings is 1. The van der Waals surface area contributed by atoms with Gasteiger partial charge in [0, 0.05) is 6.04 Å². The first kappa shape index (κ1) is 17.5. The summed E-state index contributed by atoms with van der Waals surface area (Å²) in [5, 5.41) is 12.3. The summed E-state index contributed by atoms with van der Waals surface area (Å²) in [6.07, 6.45) is 4.01. The van der Waals surface area contributed by atoms with Crippen molar-refractivity contribution < 1.29 is 4.74 Å². The maximum absolute atomic E-state index is 8.95. The zero-order chi connectivity index (χ0) is 15.7. The summed E-state index contributed by atoms with van der Waals surface area (Å²) >= 11 is 0. The Bertz CT molecular complexity index is 441. The molecule has 1 N–H and O–H groups in total. The van der Waals surface area contributed by atoms with Crippen LogP contribution in [-0.2, 0) is 0 Å². The number of hydrogen-bond acceptors (Lipinski definition) is 3. The summed E-state index contributed by atoms with van der Waals surface area (Å²) < 4.78 is 5.75. The van der Waals surface area contributed by atoms with Crippen LogP contribution in [0.5, 0.6) is 5.75 Å². The van der Waals surface area contributed by atoms with Crippen LogP contribution in [0, 0.1) is 16.7 Å². The summed E-state index contributed by atoms with van der Waals surface area (Å²) in [7, 11) is 1.99. The maximum atomic E-state index is 8.95. The minimum Gasteiger partial charge on any atom is -0.494 e. The van der Waals surface area contributed by atoms with Crippen molar-refractivity contribution in [2.45, 2.75) is 52.5 Å². The van der Waals surface area contributed by atoms with Crippen LogP contribution in [0.15, 0.2) is 24.3 Å². The number of nitrogens with zero attached hydrogens (tertiary/aromatic N) is 1. The molecule has 0 bridgehead atoms. The number of hydrogen-bond donors (Lipinski definition) is 1. The first-order chi connectivity index (χ1) is 10.0. The molecule has 0 aromatic heterocycles. The smallest absolute Gasteiger partial charge is 0.119 e. The molecule has 0 aliphatic heterocycles. The molecule has 1 rings (SSSR count).